The van der Waals surface area contributed by atoms with Crippen LogP contribution in [-0.2, 0) is 19.4 Å². The summed E-state index contributed by atoms with van der Waals surface area (Å²) >= 11 is 0. The Morgan fingerprint density at radius 1 is 0.596 bits per heavy atom. The van der Waals surface area contributed by atoms with Gasteiger partial charge in [-0.3, -0.25) is 0 Å². The lowest BCUT2D eigenvalue weighted by molar-refractivity contribution is -0.139. The van der Waals surface area contributed by atoms with Gasteiger partial charge in [-0.05, 0) is 124 Å². The molecule has 0 bridgehead atoms. The molecule has 0 saturated heterocycles. The second-order valence-electron chi connectivity index (χ2n) is 10.8. The molecule has 0 heterocycles. The van der Waals surface area contributed by atoms with Crippen LogP contribution >= 0.6 is 0 Å². The molecule has 0 fully saturated rings. The van der Waals surface area contributed by atoms with E-state index in [2.05, 4.69) is 6.58 Å². The van der Waals surface area contributed by atoms with Crippen LogP contribution < -0.4 is 14.2 Å². The molecule has 0 N–H and O–H groups in total. The number of benzene rings is 4. The van der Waals surface area contributed by atoms with Gasteiger partial charge in [0.15, 0.2) is 0 Å². The van der Waals surface area contributed by atoms with Gasteiger partial charge in [0.2, 0.25) is 9.84 Å². The molecule has 10 heteroatoms. The molecular weight excluding hydrogens is 620 g/mol. The van der Waals surface area contributed by atoms with Gasteiger partial charge in [0.05, 0.1) is 34.1 Å². The number of carbonyl (C=O) groups excluding carboxylic acids is 3. The molecule has 0 aromatic heterocycles. The highest BCUT2D eigenvalue weighted by Gasteiger charge is 2.19. The van der Waals surface area contributed by atoms with Crippen LogP contribution in [0.1, 0.15) is 58.9 Å². The number of carbonyl (C=O) groups is 3. The van der Waals surface area contributed by atoms with Gasteiger partial charge in [-0.1, -0.05) is 24.3 Å². The first-order chi connectivity index (χ1) is 22.5. The lowest BCUT2D eigenvalue weighted by atomic mass is 10.1. The average Bonchev–Trinajstić information content (AvgIpc) is 3.06. The topological polar surface area (TPSA) is 122 Å². The zero-order valence-corrected chi connectivity index (χ0v) is 27.1. The minimum Gasteiger partial charge on any atom is -0.494 e. The smallest absolute Gasteiger partial charge is 0.343 e. The van der Waals surface area contributed by atoms with Crippen molar-refractivity contribution in [2.24, 2.45) is 0 Å². The summed E-state index contributed by atoms with van der Waals surface area (Å²) in [6.45, 7) is 7.96. The average molecular weight is 657 g/mol. The monoisotopic (exact) mass is 656 g/mol. The van der Waals surface area contributed by atoms with Crippen molar-refractivity contribution in [3.63, 3.8) is 0 Å². The summed E-state index contributed by atoms with van der Waals surface area (Å²) in [5.41, 5.74) is 2.09. The van der Waals surface area contributed by atoms with E-state index in [-0.39, 0.29) is 27.3 Å². The largest absolute Gasteiger partial charge is 0.494 e. The number of aryl methyl sites for hydroxylation is 1. The van der Waals surface area contributed by atoms with Gasteiger partial charge < -0.3 is 18.9 Å². The minimum atomic E-state index is -3.88. The van der Waals surface area contributed by atoms with E-state index in [0.717, 1.165) is 31.2 Å². The van der Waals surface area contributed by atoms with E-state index in [1.165, 1.54) is 48.5 Å². The van der Waals surface area contributed by atoms with Gasteiger partial charge >= 0.3 is 17.9 Å². The fourth-order valence-electron chi connectivity index (χ4n) is 4.25. The van der Waals surface area contributed by atoms with Crippen LogP contribution in [-0.4, -0.2) is 39.5 Å². The van der Waals surface area contributed by atoms with Crippen LogP contribution in [0.3, 0.4) is 0 Å². The van der Waals surface area contributed by atoms with Crippen LogP contribution in [0.15, 0.2) is 119 Å². The molecule has 0 unspecified atom stereocenters. The lowest BCUT2D eigenvalue weighted by Crippen LogP contribution is -2.09. The number of rotatable bonds is 15. The van der Waals surface area contributed by atoms with Crippen LogP contribution in [0.25, 0.3) is 0 Å². The highest BCUT2D eigenvalue weighted by molar-refractivity contribution is 7.91. The Hall–Kier alpha value is -5.22. The highest BCUT2D eigenvalue weighted by Crippen LogP contribution is 2.26. The number of ether oxygens (including phenoxy) is 4. The standard InChI is InChI=1S/C37H36O9S/c1-26(2)35(38)44-25-7-5-4-6-24-43-30-14-12-29(13-15-30)37(40)46-32-18-22-34(23-19-32)47(41,42)33-20-16-31(17-21-33)45-36(39)28-10-8-27(3)9-11-28/h8-23H,1,4-7,24-25H2,2-3H3. The quantitative estimate of drug-likeness (QED) is 0.0560. The molecule has 4 aromatic carbocycles. The Balaban J connectivity index is 1.23. The molecule has 4 rings (SSSR count). The predicted octanol–water partition coefficient (Wildman–Crippen LogP) is 7.32. The molecule has 0 spiro atoms. The maximum atomic E-state index is 13.2. The first-order valence-electron chi connectivity index (χ1n) is 15.0. The first-order valence-corrected chi connectivity index (χ1v) is 16.5. The van der Waals surface area contributed by atoms with Crippen molar-refractivity contribution in [3.05, 3.63) is 126 Å². The summed E-state index contributed by atoms with van der Waals surface area (Å²) in [4.78, 5) is 36.4. The summed E-state index contributed by atoms with van der Waals surface area (Å²) < 4.78 is 47.9. The molecule has 4 aromatic rings. The van der Waals surface area contributed by atoms with E-state index in [4.69, 9.17) is 18.9 Å². The second kappa shape index (κ2) is 16.4. The first kappa shape index (κ1) is 34.6. The predicted molar refractivity (Wildman–Crippen MR) is 176 cm³/mol. The Morgan fingerprint density at radius 2 is 1.02 bits per heavy atom. The Bertz CT molecular complexity index is 1790. The van der Waals surface area contributed by atoms with E-state index >= 15 is 0 Å². The third-order valence-electron chi connectivity index (χ3n) is 6.96. The number of esters is 3. The molecule has 0 aliphatic carbocycles. The van der Waals surface area contributed by atoms with Crippen molar-refractivity contribution in [2.75, 3.05) is 13.2 Å². The van der Waals surface area contributed by atoms with Crippen molar-refractivity contribution in [1.82, 2.24) is 0 Å². The third-order valence-corrected chi connectivity index (χ3v) is 8.74. The lowest BCUT2D eigenvalue weighted by Gasteiger charge is -2.09. The Morgan fingerprint density at radius 3 is 1.49 bits per heavy atom. The fourth-order valence-corrected chi connectivity index (χ4v) is 5.52. The van der Waals surface area contributed by atoms with Gasteiger partial charge in [-0.15, -0.1) is 0 Å². The van der Waals surface area contributed by atoms with Gasteiger partial charge in [0.1, 0.15) is 17.2 Å². The maximum Gasteiger partial charge on any atom is 0.343 e. The molecule has 0 saturated carbocycles. The molecule has 0 aliphatic heterocycles. The Kier molecular flexibility index (Phi) is 12.1. The molecule has 0 amide bonds. The van der Waals surface area contributed by atoms with E-state index < -0.39 is 21.8 Å². The van der Waals surface area contributed by atoms with E-state index in [0.29, 0.717) is 35.7 Å². The summed E-state index contributed by atoms with van der Waals surface area (Å²) in [5.74, 6) is -0.509. The second-order valence-corrected chi connectivity index (χ2v) is 12.7. The SMILES string of the molecule is C=C(C)C(=O)OCCCCCCOc1ccc(C(=O)Oc2ccc(S(=O)(=O)c3ccc(OC(=O)c4ccc(C)cc4)cc3)cc2)cc1. The number of sulfone groups is 1. The molecular formula is C37H36O9S. The van der Waals surface area contributed by atoms with Crippen molar-refractivity contribution >= 4 is 27.7 Å². The fraction of sp³-hybridized carbons (Fsp3) is 0.216. The van der Waals surface area contributed by atoms with E-state index in [1.54, 1.807) is 55.5 Å². The third kappa shape index (κ3) is 10.1. The van der Waals surface area contributed by atoms with Crippen LogP contribution in [0.2, 0.25) is 0 Å². The maximum absolute atomic E-state index is 13.2. The zero-order chi connectivity index (χ0) is 33.8. The number of hydrogen-bond donors (Lipinski definition) is 0. The summed E-state index contributed by atoms with van der Waals surface area (Å²) in [6, 6.07) is 24.5. The molecule has 0 atom stereocenters. The van der Waals surface area contributed by atoms with Gasteiger partial charge in [-0.25, -0.2) is 22.8 Å². The molecule has 47 heavy (non-hydrogen) atoms. The van der Waals surface area contributed by atoms with E-state index in [9.17, 15) is 22.8 Å². The minimum absolute atomic E-state index is 0.00872. The molecule has 9 nitrogen and oxygen atoms in total. The number of unbranched alkanes of at least 4 members (excludes halogenated alkanes) is 3. The normalized spacial score (nSPS) is 10.9. The van der Waals surface area contributed by atoms with Gasteiger partial charge in [-0.2, -0.15) is 0 Å². The molecule has 0 radical (unpaired) electrons. The van der Waals surface area contributed by atoms with Crippen molar-refractivity contribution in [3.8, 4) is 17.2 Å². The Labute approximate surface area is 274 Å². The molecule has 244 valence electrons. The van der Waals surface area contributed by atoms with Crippen molar-refractivity contribution in [1.29, 1.82) is 0 Å². The van der Waals surface area contributed by atoms with Gasteiger partial charge in [0.25, 0.3) is 0 Å². The summed E-state index contributed by atoms with van der Waals surface area (Å²) in [5, 5.41) is 0. The van der Waals surface area contributed by atoms with Crippen molar-refractivity contribution in [2.45, 2.75) is 49.3 Å². The van der Waals surface area contributed by atoms with Crippen LogP contribution in [0, 0.1) is 6.92 Å². The van der Waals surface area contributed by atoms with Crippen LogP contribution in [0.4, 0.5) is 0 Å². The number of hydrogen-bond acceptors (Lipinski definition) is 9. The van der Waals surface area contributed by atoms with E-state index in [1.807, 2.05) is 6.92 Å². The van der Waals surface area contributed by atoms with Crippen LogP contribution in [0.5, 0.6) is 17.2 Å². The zero-order valence-electron chi connectivity index (χ0n) is 26.3. The summed E-state index contributed by atoms with van der Waals surface area (Å²) in [6.07, 6.45) is 3.44. The van der Waals surface area contributed by atoms with Gasteiger partial charge in [0, 0.05) is 5.57 Å². The van der Waals surface area contributed by atoms with Crippen molar-refractivity contribution < 1.29 is 41.7 Å². The summed E-state index contributed by atoms with van der Waals surface area (Å²) in [7, 11) is -3.88. The molecule has 0 aliphatic rings. The highest BCUT2D eigenvalue weighted by atomic mass is 32.2.